The zero-order valence-corrected chi connectivity index (χ0v) is 15.5. The summed E-state index contributed by atoms with van der Waals surface area (Å²) in [4.78, 5) is 21.5. The van der Waals surface area contributed by atoms with Gasteiger partial charge in [-0.05, 0) is 29.8 Å². The maximum atomic E-state index is 14.9. The van der Waals surface area contributed by atoms with Gasteiger partial charge in [-0.15, -0.1) is 0 Å². The second-order valence-corrected chi connectivity index (χ2v) is 6.95. The summed E-state index contributed by atoms with van der Waals surface area (Å²) < 4.78 is 28.9. The SMILES string of the molecule is O=C1C(O)=C(c2ccccc2)C(c2cccc(F)c2F)N1c1ccc2nc[nH]c2c1. The molecule has 7 heteroatoms. The van der Waals surface area contributed by atoms with E-state index in [2.05, 4.69) is 9.97 Å². The molecular formula is C23H15F2N3O2. The number of anilines is 1. The van der Waals surface area contributed by atoms with Crippen LogP contribution >= 0.6 is 0 Å². The third-order valence-electron chi connectivity index (χ3n) is 5.25. The number of aromatic nitrogens is 2. The number of amides is 1. The van der Waals surface area contributed by atoms with Crippen LogP contribution < -0.4 is 4.90 Å². The lowest BCUT2D eigenvalue weighted by molar-refractivity contribution is -0.117. The normalized spacial score (nSPS) is 16.7. The van der Waals surface area contributed by atoms with Crippen molar-refractivity contribution < 1.29 is 18.7 Å². The van der Waals surface area contributed by atoms with Crippen molar-refractivity contribution in [2.24, 2.45) is 0 Å². The highest BCUT2D eigenvalue weighted by atomic mass is 19.2. The minimum Gasteiger partial charge on any atom is -0.503 e. The zero-order valence-electron chi connectivity index (χ0n) is 15.5. The first-order valence-corrected chi connectivity index (χ1v) is 9.25. The van der Waals surface area contributed by atoms with E-state index in [4.69, 9.17) is 0 Å². The highest BCUT2D eigenvalue weighted by Gasteiger charge is 2.43. The number of carbonyl (C=O) groups excluding carboxylic acids is 1. The van der Waals surface area contributed by atoms with Crippen LogP contribution in [-0.4, -0.2) is 21.0 Å². The highest BCUT2D eigenvalue weighted by molar-refractivity contribution is 6.16. The number of fused-ring (bicyclic) bond motifs is 1. The molecule has 5 rings (SSSR count). The molecule has 1 atom stereocenters. The van der Waals surface area contributed by atoms with Crippen LogP contribution in [0.1, 0.15) is 17.2 Å². The Bertz CT molecular complexity index is 1310. The number of aliphatic hydroxyl groups is 1. The Morgan fingerprint density at radius 2 is 1.80 bits per heavy atom. The maximum absolute atomic E-state index is 14.9. The second-order valence-electron chi connectivity index (χ2n) is 6.95. The van der Waals surface area contributed by atoms with Crippen molar-refractivity contribution in [3.8, 4) is 0 Å². The Labute approximate surface area is 169 Å². The zero-order chi connectivity index (χ0) is 20.8. The number of hydrogen-bond acceptors (Lipinski definition) is 3. The fourth-order valence-electron chi connectivity index (χ4n) is 3.88. The van der Waals surface area contributed by atoms with Crippen LogP contribution in [0.25, 0.3) is 16.6 Å². The largest absolute Gasteiger partial charge is 0.503 e. The predicted octanol–water partition coefficient (Wildman–Crippen LogP) is 4.90. The number of H-pyrrole nitrogens is 1. The highest BCUT2D eigenvalue weighted by Crippen LogP contribution is 2.46. The van der Waals surface area contributed by atoms with Crippen molar-refractivity contribution >= 4 is 28.2 Å². The fraction of sp³-hybridized carbons (Fsp3) is 0.0435. The number of nitrogens with zero attached hydrogens (tertiary/aromatic N) is 2. The smallest absolute Gasteiger partial charge is 0.294 e. The van der Waals surface area contributed by atoms with E-state index in [1.165, 1.54) is 23.4 Å². The van der Waals surface area contributed by atoms with Gasteiger partial charge in [0.15, 0.2) is 17.4 Å². The number of aliphatic hydroxyl groups excluding tert-OH is 1. The fourth-order valence-corrected chi connectivity index (χ4v) is 3.88. The molecular weight excluding hydrogens is 388 g/mol. The molecule has 148 valence electrons. The van der Waals surface area contributed by atoms with Gasteiger partial charge in [-0.1, -0.05) is 42.5 Å². The van der Waals surface area contributed by atoms with E-state index in [1.807, 2.05) is 0 Å². The first-order chi connectivity index (χ1) is 14.6. The van der Waals surface area contributed by atoms with Crippen molar-refractivity contribution in [2.45, 2.75) is 6.04 Å². The van der Waals surface area contributed by atoms with Crippen LogP contribution in [0.15, 0.2) is 78.8 Å². The molecule has 1 aliphatic heterocycles. The Balaban J connectivity index is 1.75. The molecule has 5 nitrogen and oxygen atoms in total. The molecule has 0 saturated heterocycles. The maximum Gasteiger partial charge on any atom is 0.294 e. The van der Waals surface area contributed by atoms with Crippen LogP contribution in [0, 0.1) is 11.6 Å². The van der Waals surface area contributed by atoms with Crippen molar-refractivity contribution in [1.29, 1.82) is 0 Å². The Kier molecular flexibility index (Phi) is 4.10. The van der Waals surface area contributed by atoms with Crippen molar-refractivity contribution in [3.05, 3.63) is 102 Å². The number of halogens is 2. The number of carbonyl (C=O) groups is 1. The molecule has 0 bridgehead atoms. The molecule has 0 fully saturated rings. The van der Waals surface area contributed by atoms with E-state index in [0.29, 0.717) is 22.3 Å². The molecule has 0 spiro atoms. The molecule has 4 aromatic rings. The molecule has 1 aliphatic rings. The molecule has 1 unspecified atom stereocenters. The monoisotopic (exact) mass is 403 g/mol. The van der Waals surface area contributed by atoms with E-state index < -0.39 is 29.3 Å². The second kappa shape index (κ2) is 6.81. The number of benzene rings is 3. The topological polar surface area (TPSA) is 69.2 Å². The molecule has 3 aromatic carbocycles. The van der Waals surface area contributed by atoms with Crippen molar-refractivity contribution in [2.75, 3.05) is 4.90 Å². The average molecular weight is 403 g/mol. The van der Waals surface area contributed by atoms with Gasteiger partial charge in [-0.2, -0.15) is 0 Å². The van der Waals surface area contributed by atoms with Crippen LogP contribution in [0.4, 0.5) is 14.5 Å². The van der Waals surface area contributed by atoms with Gasteiger partial charge in [0.2, 0.25) is 0 Å². The molecule has 30 heavy (non-hydrogen) atoms. The number of rotatable bonds is 3. The van der Waals surface area contributed by atoms with Crippen molar-refractivity contribution in [1.82, 2.24) is 9.97 Å². The van der Waals surface area contributed by atoms with Gasteiger partial charge in [0.1, 0.15) is 0 Å². The van der Waals surface area contributed by atoms with Gasteiger partial charge in [0.25, 0.3) is 5.91 Å². The quantitative estimate of drug-likeness (QED) is 0.511. The Hall–Kier alpha value is -4.00. The van der Waals surface area contributed by atoms with E-state index in [1.54, 1.807) is 48.5 Å². The standard InChI is InChI=1S/C23H15F2N3O2/c24-16-8-4-7-15(20(16)25)21-19(13-5-2-1-3-6-13)22(29)23(30)28(21)14-9-10-17-18(11-14)27-12-26-17/h1-12,21,29H,(H,26,27). The summed E-state index contributed by atoms with van der Waals surface area (Å²) in [5.41, 5.74) is 2.50. The molecule has 1 amide bonds. The lowest BCUT2D eigenvalue weighted by Gasteiger charge is -2.28. The van der Waals surface area contributed by atoms with E-state index in [-0.39, 0.29) is 11.1 Å². The number of hydrogen-bond donors (Lipinski definition) is 2. The predicted molar refractivity (Wildman–Crippen MR) is 109 cm³/mol. The summed E-state index contributed by atoms with van der Waals surface area (Å²) in [6.45, 7) is 0. The lowest BCUT2D eigenvalue weighted by Crippen LogP contribution is -2.30. The summed E-state index contributed by atoms with van der Waals surface area (Å²) in [6.07, 6.45) is 1.52. The summed E-state index contributed by atoms with van der Waals surface area (Å²) >= 11 is 0. The number of aromatic amines is 1. The Morgan fingerprint density at radius 1 is 1.00 bits per heavy atom. The number of nitrogens with one attached hydrogen (secondary N) is 1. The summed E-state index contributed by atoms with van der Waals surface area (Å²) in [5.74, 6) is -3.28. The first-order valence-electron chi connectivity index (χ1n) is 9.25. The van der Waals surface area contributed by atoms with Gasteiger partial charge in [-0.3, -0.25) is 9.69 Å². The van der Waals surface area contributed by atoms with Crippen LogP contribution in [0.3, 0.4) is 0 Å². The van der Waals surface area contributed by atoms with E-state index in [9.17, 15) is 18.7 Å². The third kappa shape index (κ3) is 2.67. The van der Waals surface area contributed by atoms with Gasteiger partial charge in [-0.25, -0.2) is 13.8 Å². The van der Waals surface area contributed by atoms with Gasteiger partial charge < -0.3 is 10.1 Å². The lowest BCUT2D eigenvalue weighted by atomic mass is 9.93. The average Bonchev–Trinajstić information content (AvgIpc) is 3.33. The van der Waals surface area contributed by atoms with Crippen molar-refractivity contribution in [3.63, 3.8) is 0 Å². The Morgan fingerprint density at radius 3 is 2.60 bits per heavy atom. The molecule has 2 heterocycles. The van der Waals surface area contributed by atoms with Gasteiger partial charge >= 0.3 is 0 Å². The summed E-state index contributed by atoms with van der Waals surface area (Å²) in [6, 6.07) is 16.5. The van der Waals surface area contributed by atoms with Gasteiger partial charge in [0.05, 0.1) is 23.4 Å². The van der Waals surface area contributed by atoms with Gasteiger partial charge in [0, 0.05) is 16.8 Å². The molecule has 0 aliphatic carbocycles. The molecule has 1 aromatic heterocycles. The molecule has 2 N–H and O–H groups in total. The molecule has 0 radical (unpaired) electrons. The minimum absolute atomic E-state index is 0.0454. The molecule has 0 saturated carbocycles. The van der Waals surface area contributed by atoms with Crippen LogP contribution in [-0.2, 0) is 4.79 Å². The van der Waals surface area contributed by atoms with Crippen LogP contribution in [0.5, 0.6) is 0 Å². The summed E-state index contributed by atoms with van der Waals surface area (Å²) in [5, 5.41) is 10.8. The first kappa shape index (κ1) is 18.1. The summed E-state index contributed by atoms with van der Waals surface area (Å²) in [7, 11) is 0. The van der Waals surface area contributed by atoms with E-state index >= 15 is 0 Å². The number of imidazole rings is 1. The van der Waals surface area contributed by atoms with E-state index in [0.717, 1.165) is 6.07 Å². The third-order valence-corrected chi connectivity index (χ3v) is 5.25. The van der Waals surface area contributed by atoms with Crippen LogP contribution in [0.2, 0.25) is 0 Å². The minimum atomic E-state index is -1.06.